The van der Waals surface area contributed by atoms with Crippen molar-refractivity contribution in [3.8, 4) is 0 Å². The van der Waals surface area contributed by atoms with Crippen LogP contribution in [0.5, 0.6) is 0 Å². The van der Waals surface area contributed by atoms with Gasteiger partial charge >= 0.3 is 0 Å². The maximum Gasteiger partial charge on any atom is 0.248 e. The highest BCUT2D eigenvalue weighted by Crippen LogP contribution is 2.08. The van der Waals surface area contributed by atoms with Crippen LogP contribution in [0.4, 0.5) is 5.69 Å². The van der Waals surface area contributed by atoms with Crippen LogP contribution in [-0.4, -0.2) is 16.9 Å². The molecular weight excluding hydrogens is 238 g/mol. The Labute approximate surface area is 104 Å². The molecule has 0 bridgehead atoms. The Hall–Kier alpha value is -1.95. The first-order valence-corrected chi connectivity index (χ1v) is 5.44. The first-order valence-electron chi connectivity index (χ1n) is 5.03. The fourth-order valence-corrected chi connectivity index (χ4v) is 1.33. The van der Waals surface area contributed by atoms with Crippen molar-refractivity contribution in [1.82, 2.24) is 5.32 Å². The minimum absolute atomic E-state index is 0.156. The second-order valence-corrected chi connectivity index (χ2v) is 3.71. The lowest BCUT2D eigenvalue weighted by atomic mass is 10.2. The van der Waals surface area contributed by atoms with E-state index in [2.05, 4.69) is 10.6 Å². The summed E-state index contributed by atoms with van der Waals surface area (Å²) in [5.74, 6) is -0.644. The van der Waals surface area contributed by atoms with Crippen LogP contribution < -0.4 is 16.4 Å². The van der Waals surface area contributed by atoms with Gasteiger partial charge in [0.05, 0.1) is 0 Å². The van der Waals surface area contributed by atoms with Crippen LogP contribution in [0.25, 0.3) is 0 Å². The average molecular weight is 251 g/mol. The van der Waals surface area contributed by atoms with E-state index in [0.29, 0.717) is 17.7 Å². The van der Waals surface area contributed by atoms with E-state index < -0.39 is 5.91 Å². The minimum Gasteiger partial charge on any atom is -0.366 e. The summed E-state index contributed by atoms with van der Waals surface area (Å²) in [4.78, 5) is 21.9. The molecule has 0 atom stereocenters. The maximum atomic E-state index is 11.1. The Morgan fingerprint density at radius 1 is 1.29 bits per heavy atom. The van der Waals surface area contributed by atoms with Crippen molar-refractivity contribution in [2.24, 2.45) is 5.73 Å². The highest BCUT2D eigenvalue weighted by atomic mass is 32.1. The lowest BCUT2D eigenvalue weighted by molar-refractivity contribution is -0.119. The number of hydrogen-bond donors (Lipinski definition) is 3. The Balaban J connectivity index is 2.60. The molecule has 1 rings (SSSR count). The second-order valence-electron chi connectivity index (χ2n) is 3.30. The zero-order valence-electron chi connectivity index (χ0n) is 9.32. The predicted octanol–water partition coefficient (Wildman–Crippen LogP) is 1.01. The zero-order chi connectivity index (χ0) is 12.8. The Morgan fingerprint density at radius 3 is 2.35 bits per heavy atom. The van der Waals surface area contributed by atoms with Gasteiger partial charge in [0.2, 0.25) is 11.8 Å². The Morgan fingerprint density at radius 2 is 1.88 bits per heavy atom. The molecular formula is C11H13N3O2S. The van der Waals surface area contributed by atoms with Crippen LogP contribution in [-0.2, 0) is 4.79 Å². The van der Waals surface area contributed by atoms with E-state index in [1.54, 1.807) is 31.2 Å². The first kappa shape index (κ1) is 13.1. The van der Waals surface area contributed by atoms with Crippen molar-refractivity contribution >= 4 is 34.8 Å². The molecule has 0 radical (unpaired) electrons. The molecule has 2 amide bonds. The van der Waals surface area contributed by atoms with Crippen molar-refractivity contribution in [2.75, 3.05) is 5.32 Å². The van der Waals surface area contributed by atoms with E-state index in [0.717, 1.165) is 0 Å². The number of benzene rings is 1. The summed E-state index contributed by atoms with van der Waals surface area (Å²) >= 11 is 4.93. The molecule has 5 nitrogen and oxygen atoms in total. The van der Waals surface area contributed by atoms with Crippen LogP contribution in [0.15, 0.2) is 24.3 Å². The van der Waals surface area contributed by atoms with E-state index in [1.165, 1.54) is 0 Å². The smallest absolute Gasteiger partial charge is 0.248 e. The molecule has 17 heavy (non-hydrogen) atoms. The van der Waals surface area contributed by atoms with Crippen molar-refractivity contribution in [3.63, 3.8) is 0 Å². The molecule has 4 N–H and O–H groups in total. The third-order valence-corrected chi connectivity index (χ3v) is 2.21. The van der Waals surface area contributed by atoms with Crippen LogP contribution in [0, 0.1) is 0 Å². The number of amides is 2. The van der Waals surface area contributed by atoms with Gasteiger partial charge < -0.3 is 16.4 Å². The predicted molar refractivity (Wildman–Crippen MR) is 69.6 cm³/mol. The van der Waals surface area contributed by atoms with Gasteiger partial charge in [-0.1, -0.05) is 6.92 Å². The first-order chi connectivity index (χ1) is 8.02. The summed E-state index contributed by atoms with van der Waals surface area (Å²) in [6.07, 6.45) is 0.364. The molecule has 0 aliphatic carbocycles. The molecule has 1 aromatic carbocycles. The molecule has 0 aromatic heterocycles. The van der Waals surface area contributed by atoms with E-state index in [4.69, 9.17) is 18.0 Å². The minimum atomic E-state index is -0.488. The third-order valence-electron chi connectivity index (χ3n) is 2.00. The number of carbonyl (C=O) groups excluding carboxylic acids is 2. The lowest BCUT2D eigenvalue weighted by Crippen LogP contribution is -2.33. The summed E-state index contributed by atoms with van der Waals surface area (Å²) < 4.78 is 0. The van der Waals surface area contributed by atoms with Gasteiger partial charge in [-0.25, -0.2) is 0 Å². The topological polar surface area (TPSA) is 84.2 Å². The normalized spacial score (nSPS) is 9.47. The van der Waals surface area contributed by atoms with Crippen molar-refractivity contribution in [3.05, 3.63) is 29.8 Å². The second kappa shape index (κ2) is 5.95. The Kier molecular flexibility index (Phi) is 4.59. The third kappa shape index (κ3) is 4.20. The molecule has 0 heterocycles. The molecule has 0 aliphatic rings. The van der Waals surface area contributed by atoms with Crippen LogP contribution >= 0.6 is 12.2 Å². The van der Waals surface area contributed by atoms with E-state index >= 15 is 0 Å². The summed E-state index contributed by atoms with van der Waals surface area (Å²) in [5, 5.41) is 5.55. The van der Waals surface area contributed by atoms with Crippen molar-refractivity contribution < 1.29 is 9.59 Å². The Bertz CT molecular complexity index is 443. The highest BCUT2D eigenvalue weighted by molar-refractivity contribution is 7.80. The summed E-state index contributed by atoms with van der Waals surface area (Å²) in [6.45, 7) is 1.74. The number of primary amides is 1. The molecule has 0 aliphatic heterocycles. The molecule has 1 aromatic rings. The number of nitrogens with one attached hydrogen (secondary N) is 2. The quantitative estimate of drug-likeness (QED) is 0.700. The summed E-state index contributed by atoms with van der Waals surface area (Å²) in [7, 11) is 0. The molecule has 6 heteroatoms. The molecule has 0 spiro atoms. The SMILES string of the molecule is CCC(=O)NC(=S)Nc1ccc(C(N)=O)cc1. The number of carbonyl (C=O) groups is 2. The largest absolute Gasteiger partial charge is 0.366 e. The average Bonchev–Trinajstić information content (AvgIpc) is 2.29. The fraction of sp³-hybridized carbons (Fsp3) is 0.182. The van der Waals surface area contributed by atoms with E-state index in [9.17, 15) is 9.59 Å². The number of hydrogen-bond acceptors (Lipinski definition) is 3. The van der Waals surface area contributed by atoms with E-state index in [-0.39, 0.29) is 11.0 Å². The maximum absolute atomic E-state index is 11.1. The number of nitrogens with two attached hydrogens (primary N) is 1. The van der Waals surface area contributed by atoms with Gasteiger partial charge in [0.1, 0.15) is 0 Å². The lowest BCUT2D eigenvalue weighted by Gasteiger charge is -2.08. The summed E-state index contributed by atoms with van der Waals surface area (Å²) in [5.41, 5.74) is 6.20. The van der Waals surface area contributed by atoms with Gasteiger partial charge in [0, 0.05) is 17.7 Å². The van der Waals surface area contributed by atoms with Gasteiger partial charge in [-0.2, -0.15) is 0 Å². The van der Waals surface area contributed by atoms with Crippen molar-refractivity contribution in [2.45, 2.75) is 13.3 Å². The van der Waals surface area contributed by atoms with Gasteiger partial charge in [-0.05, 0) is 36.5 Å². The molecule has 0 saturated heterocycles. The molecule has 90 valence electrons. The van der Waals surface area contributed by atoms with Gasteiger partial charge in [-0.15, -0.1) is 0 Å². The standard InChI is InChI=1S/C11H13N3O2S/c1-2-9(15)14-11(17)13-8-5-3-7(4-6-8)10(12)16/h3-6H,2H2,1H3,(H2,12,16)(H2,13,14,15,17). The van der Waals surface area contributed by atoms with Gasteiger partial charge in [0.25, 0.3) is 0 Å². The van der Waals surface area contributed by atoms with Crippen LogP contribution in [0.2, 0.25) is 0 Å². The fourth-order valence-electron chi connectivity index (χ4n) is 1.10. The van der Waals surface area contributed by atoms with Crippen LogP contribution in [0.1, 0.15) is 23.7 Å². The molecule has 0 unspecified atom stereocenters. The highest BCUT2D eigenvalue weighted by Gasteiger charge is 2.03. The summed E-state index contributed by atoms with van der Waals surface area (Å²) in [6, 6.07) is 6.47. The number of thiocarbonyl (C=S) groups is 1. The van der Waals surface area contributed by atoms with Crippen LogP contribution in [0.3, 0.4) is 0 Å². The van der Waals surface area contributed by atoms with Gasteiger partial charge in [0.15, 0.2) is 5.11 Å². The van der Waals surface area contributed by atoms with Gasteiger partial charge in [-0.3, -0.25) is 9.59 Å². The molecule has 0 saturated carbocycles. The zero-order valence-corrected chi connectivity index (χ0v) is 10.1. The number of anilines is 1. The number of rotatable bonds is 3. The van der Waals surface area contributed by atoms with Crippen molar-refractivity contribution in [1.29, 1.82) is 0 Å². The van der Waals surface area contributed by atoms with E-state index in [1.807, 2.05) is 0 Å². The monoisotopic (exact) mass is 251 g/mol. The molecule has 0 fully saturated rings.